The third kappa shape index (κ3) is 2.80. The van der Waals surface area contributed by atoms with Gasteiger partial charge in [-0.05, 0) is 18.2 Å². The van der Waals surface area contributed by atoms with E-state index in [2.05, 4.69) is 20.7 Å². The van der Waals surface area contributed by atoms with Gasteiger partial charge in [0.1, 0.15) is 0 Å². The van der Waals surface area contributed by atoms with Crippen molar-refractivity contribution in [3.05, 3.63) is 54.1 Å². The lowest BCUT2D eigenvalue weighted by Gasteiger charge is -2.08. The molecule has 0 radical (unpaired) electrons. The second-order valence-electron chi connectivity index (χ2n) is 3.57. The minimum absolute atomic E-state index is 0.248. The predicted octanol–water partition coefficient (Wildman–Crippen LogP) is 0.692. The van der Waals surface area contributed by atoms with E-state index in [1.165, 1.54) is 6.20 Å². The van der Waals surface area contributed by atoms with Crippen LogP contribution in [0.1, 0.15) is 16.1 Å². The number of carbonyl (C=O) groups is 1. The molecule has 0 saturated heterocycles. The number of aromatic nitrogens is 2. The SMILES string of the molecule is NNc1ccncc1C(=O)NCc1ccccn1. The van der Waals surface area contributed by atoms with Gasteiger partial charge in [-0.2, -0.15) is 0 Å². The normalized spacial score (nSPS) is 9.83. The molecule has 2 rings (SSSR count). The quantitative estimate of drug-likeness (QED) is 0.542. The molecular weight excluding hydrogens is 230 g/mol. The standard InChI is InChI=1S/C12H13N5O/c13-17-11-4-6-14-8-10(11)12(18)16-7-9-3-1-2-5-15-9/h1-6,8H,7,13H2,(H,14,17)(H,16,18). The van der Waals surface area contributed by atoms with Gasteiger partial charge in [0.25, 0.3) is 5.91 Å². The summed E-state index contributed by atoms with van der Waals surface area (Å²) in [5.74, 6) is 5.08. The summed E-state index contributed by atoms with van der Waals surface area (Å²) in [5.41, 5.74) is 4.18. The molecular formula is C12H13N5O. The maximum Gasteiger partial charge on any atom is 0.255 e. The molecule has 0 spiro atoms. The van der Waals surface area contributed by atoms with Crippen LogP contribution in [-0.4, -0.2) is 15.9 Å². The monoisotopic (exact) mass is 243 g/mol. The number of hydrogen-bond acceptors (Lipinski definition) is 5. The molecule has 92 valence electrons. The molecule has 1 amide bonds. The molecule has 0 bridgehead atoms. The summed E-state index contributed by atoms with van der Waals surface area (Å²) in [7, 11) is 0. The molecule has 6 heteroatoms. The van der Waals surface area contributed by atoms with Gasteiger partial charge in [-0.3, -0.25) is 20.6 Å². The lowest BCUT2D eigenvalue weighted by molar-refractivity contribution is 0.0951. The molecule has 0 fully saturated rings. The van der Waals surface area contributed by atoms with Crippen molar-refractivity contribution >= 4 is 11.6 Å². The fourth-order valence-electron chi connectivity index (χ4n) is 1.47. The lowest BCUT2D eigenvalue weighted by Crippen LogP contribution is -2.25. The van der Waals surface area contributed by atoms with Crippen molar-refractivity contribution in [1.82, 2.24) is 15.3 Å². The maximum absolute atomic E-state index is 11.9. The summed E-state index contributed by atoms with van der Waals surface area (Å²) in [6.45, 7) is 0.360. The molecule has 0 aromatic carbocycles. The summed E-state index contributed by atoms with van der Waals surface area (Å²) < 4.78 is 0. The highest BCUT2D eigenvalue weighted by Gasteiger charge is 2.10. The van der Waals surface area contributed by atoms with Gasteiger partial charge in [-0.1, -0.05) is 6.07 Å². The van der Waals surface area contributed by atoms with Crippen LogP contribution in [0, 0.1) is 0 Å². The predicted molar refractivity (Wildman–Crippen MR) is 67.5 cm³/mol. The Balaban J connectivity index is 2.04. The average Bonchev–Trinajstić information content (AvgIpc) is 2.45. The molecule has 4 N–H and O–H groups in total. The second kappa shape index (κ2) is 5.74. The number of amides is 1. The lowest BCUT2D eigenvalue weighted by atomic mass is 10.2. The van der Waals surface area contributed by atoms with E-state index in [0.29, 0.717) is 17.8 Å². The average molecular weight is 243 g/mol. The Morgan fingerprint density at radius 3 is 2.89 bits per heavy atom. The Hall–Kier alpha value is -2.47. The van der Waals surface area contributed by atoms with Crippen molar-refractivity contribution in [3.8, 4) is 0 Å². The minimum atomic E-state index is -0.248. The van der Waals surface area contributed by atoms with Gasteiger partial charge >= 0.3 is 0 Å². The zero-order chi connectivity index (χ0) is 12.8. The van der Waals surface area contributed by atoms with Crippen molar-refractivity contribution < 1.29 is 4.79 Å². The van der Waals surface area contributed by atoms with E-state index in [1.807, 2.05) is 18.2 Å². The van der Waals surface area contributed by atoms with Crippen molar-refractivity contribution in [2.75, 3.05) is 5.43 Å². The highest BCUT2D eigenvalue weighted by atomic mass is 16.1. The van der Waals surface area contributed by atoms with E-state index in [9.17, 15) is 4.79 Å². The van der Waals surface area contributed by atoms with E-state index < -0.39 is 0 Å². The van der Waals surface area contributed by atoms with Gasteiger partial charge in [0.05, 0.1) is 23.5 Å². The summed E-state index contributed by atoms with van der Waals surface area (Å²) in [5, 5.41) is 2.75. The Morgan fingerprint density at radius 2 is 2.17 bits per heavy atom. The largest absolute Gasteiger partial charge is 0.346 e. The summed E-state index contributed by atoms with van der Waals surface area (Å²) in [6, 6.07) is 7.16. The van der Waals surface area contributed by atoms with Gasteiger partial charge in [0, 0.05) is 18.6 Å². The van der Waals surface area contributed by atoms with Crippen LogP contribution in [0.2, 0.25) is 0 Å². The first kappa shape index (κ1) is 12.0. The van der Waals surface area contributed by atoms with Crippen LogP contribution in [0.25, 0.3) is 0 Å². The molecule has 2 aromatic rings. The number of nitrogens with one attached hydrogen (secondary N) is 2. The number of nitrogens with zero attached hydrogens (tertiary/aromatic N) is 2. The molecule has 0 unspecified atom stereocenters. The fourth-order valence-corrected chi connectivity index (χ4v) is 1.47. The minimum Gasteiger partial charge on any atom is -0.346 e. The van der Waals surface area contributed by atoms with Crippen LogP contribution in [0.3, 0.4) is 0 Å². The molecule has 0 aliphatic rings. The van der Waals surface area contributed by atoms with Crippen LogP contribution in [0.4, 0.5) is 5.69 Å². The number of rotatable bonds is 4. The maximum atomic E-state index is 11.9. The van der Waals surface area contributed by atoms with Crippen LogP contribution in [0.15, 0.2) is 42.9 Å². The van der Waals surface area contributed by atoms with Crippen molar-refractivity contribution in [3.63, 3.8) is 0 Å². The third-order valence-electron chi connectivity index (χ3n) is 2.38. The van der Waals surface area contributed by atoms with E-state index in [-0.39, 0.29) is 5.91 Å². The zero-order valence-electron chi connectivity index (χ0n) is 9.63. The second-order valence-corrected chi connectivity index (χ2v) is 3.57. The topological polar surface area (TPSA) is 92.9 Å². The smallest absolute Gasteiger partial charge is 0.255 e. The zero-order valence-corrected chi connectivity index (χ0v) is 9.63. The Morgan fingerprint density at radius 1 is 1.28 bits per heavy atom. The molecule has 0 aliphatic heterocycles. The van der Waals surface area contributed by atoms with E-state index in [1.54, 1.807) is 18.5 Å². The van der Waals surface area contributed by atoms with E-state index >= 15 is 0 Å². The molecule has 2 heterocycles. The van der Waals surface area contributed by atoms with Crippen LogP contribution in [0.5, 0.6) is 0 Å². The van der Waals surface area contributed by atoms with E-state index in [0.717, 1.165) is 5.69 Å². The van der Waals surface area contributed by atoms with Gasteiger partial charge in [0.2, 0.25) is 0 Å². The number of carbonyl (C=O) groups excluding carboxylic acids is 1. The first-order valence-electron chi connectivity index (χ1n) is 5.40. The van der Waals surface area contributed by atoms with Crippen LogP contribution < -0.4 is 16.6 Å². The van der Waals surface area contributed by atoms with Crippen molar-refractivity contribution in [1.29, 1.82) is 0 Å². The number of pyridine rings is 2. The van der Waals surface area contributed by atoms with Gasteiger partial charge < -0.3 is 10.7 Å². The summed E-state index contributed by atoms with van der Waals surface area (Å²) in [4.78, 5) is 19.9. The number of nitrogen functional groups attached to an aromatic ring is 1. The number of hydrazine groups is 1. The van der Waals surface area contributed by atoms with Gasteiger partial charge in [0.15, 0.2) is 0 Å². The highest BCUT2D eigenvalue weighted by molar-refractivity contribution is 5.99. The van der Waals surface area contributed by atoms with Crippen LogP contribution in [-0.2, 0) is 6.54 Å². The van der Waals surface area contributed by atoms with Crippen molar-refractivity contribution in [2.45, 2.75) is 6.54 Å². The Bertz CT molecular complexity index is 529. The molecule has 0 saturated carbocycles. The molecule has 18 heavy (non-hydrogen) atoms. The Labute approximate surface area is 104 Å². The molecule has 0 atom stereocenters. The van der Waals surface area contributed by atoms with Gasteiger partial charge in [-0.25, -0.2) is 0 Å². The number of hydrogen-bond donors (Lipinski definition) is 3. The van der Waals surface area contributed by atoms with Crippen molar-refractivity contribution in [2.24, 2.45) is 5.84 Å². The first-order chi connectivity index (χ1) is 8.81. The third-order valence-corrected chi connectivity index (χ3v) is 2.38. The summed E-state index contributed by atoms with van der Waals surface area (Å²) in [6.07, 6.45) is 4.70. The number of nitrogens with two attached hydrogens (primary N) is 1. The molecule has 0 aliphatic carbocycles. The van der Waals surface area contributed by atoms with E-state index in [4.69, 9.17) is 5.84 Å². The highest BCUT2D eigenvalue weighted by Crippen LogP contribution is 2.11. The van der Waals surface area contributed by atoms with Crippen LogP contribution >= 0.6 is 0 Å². The molecule has 6 nitrogen and oxygen atoms in total. The Kier molecular flexibility index (Phi) is 3.83. The van der Waals surface area contributed by atoms with Gasteiger partial charge in [-0.15, -0.1) is 0 Å². The first-order valence-corrected chi connectivity index (χ1v) is 5.40. The molecule has 2 aromatic heterocycles. The summed E-state index contributed by atoms with van der Waals surface area (Å²) >= 11 is 0. The number of anilines is 1. The fraction of sp³-hybridized carbons (Fsp3) is 0.0833.